The lowest BCUT2D eigenvalue weighted by Gasteiger charge is -2.10. The predicted molar refractivity (Wildman–Crippen MR) is 72.7 cm³/mol. The molecule has 1 heterocycles. The number of para-hydroxylation sites is 1. The van der Waals surface area contributed by atoms with Crippen LogP contribution < -0.4 is 5.32 Å². The smallest absolute Gasteiger partial charge is 0.180 e. The highest BCUT2D eigenvalue weighted by Gasteiger charge is 2.16. The van der Waals surface area contributed by atoms with Gasteiger partial charge in [0.15, 0.2) is 15.6 Å². The molecule has 0 spiro atoms. The van der Waals surface area contributed by atoms with Crippen LogP contribution in [-0.2, 0) is 16.4 Å². The van der Waals surface area contributed by atoms with E-state index in [1.165, 1.54) is 0 Å². The van der Waals surface area contributed by atoms with E-state index in [9.17, 15) is 8.42 Å². The maximum atomic E-state index is 12.0. The SMILES string of the molecule is CCS(=O)(=O)c1ccccc1NCc1cc(C)no1. The first-order valence-electron chi connectivity index (χ1n) is 6.01. The minimum Gasteiger partial charge on any atom is -0.377 e. The Morgan fingerprint density at radius 3 is 2.68 bits per heavy atom. The van der Waals surface area contributed by atoms with Crippen LogP contribution in [0.25, 0.3) is 0 Å². The van der Waals surface area contributed by atoms with Gasteiger partial charge in [-0.15, -0.1) is 0 Å². The van der Waals surface area contributed by atoms with Crippen molar-refractivity contribution in [1.29, 1.82) is 0 Å². The third kappa shape index (κ3) is 3.14. The molecule has 1 aromatic heterocycles. The van der Waals surface area contributed by atoms with E-state index >= 15 is 0 Å². The highest BCUT2D eigenvalue weighted by atomic mass is 32.2. The van der Waals surface area contributed by atoms with Crippen LogP contribution in [0.1, 0.15) is 18.4 Å². The van der Waals surface area contributed by atoms with Crippen LogP contribution in [0.4, 0.5) is 5.69 Å². The highest BCUT2D eigenvalue weighted by Crippen LogP contribution is 2.22. The monoisotopic (exact) mass is 280 g/mol. The van der Waals surface area contributed by atoms with E-state index in [0.717, 1.165) is 5.69 Å². The number of nitrogens with zero attached hydrogens (tertiary/aromatic N) is 1. The number of hydrogen-bond acceptors (Lipinski definition) is 5. The Morgan fingerprint density at radius 1 is 1.32 bits per heavy atom. The summed E-state index contributed by atoms with van der Waals surface area (Å²) in [5.74, 6) is 0.744. The van der Waals surface area contributed by atoms with Crippen molar-refractivity contribution in [3.8, 4) is 0 Å². The molecule has 102 valence electrons. The number of hydrogen-bond donors (Lipinski definition) is 1. The van der Waals surface area contributed by atoms with Crippen LogP contribution in [0.15, 0.2) is 39.8 Å². The van der Waals surface area contributed by atoms with Crippen molar-refractivity contribution in [3.05, 3.63) is 41.8 Å². The predicted octanol–water partition coefficient (Wildman–Crippen LogP) is 2.39. The van der Waals surface area contributed by atoms with Gasteiger partial charge >= 0.3 is 0 Å². The van der Waals surface area contributed by atoms with E-state index in [-0.39, 0.29) is 5.75 Å². The zero-order valence-corrected chi connectivity index (χ0v) is 11.7. The minimum absolute atomic E-state index is 0.0765. The van der Waals surface area contributed by atoms with Crippen molar-refractivity contribution in [1.82, 2.24) is 5.16 Å². The highest BCUT2D eigenvalue weighted by molar-refractivity contribution is 7.91. The van der Waals surface area contributed by atoms with Crippen molar-refractivity contribution in [2.24, 2.45) is 0 Å². The first-order chi connectivity index (χ1) is 9.03. The zero-order valence-electron chi connectivity index (χ0n) is 10.9. The fraction of sp³-hybridized carbons (Fsp3) is 0.308. The molecule has 1 aromatic carbocycles. The van der Waals surface area contributed by atoms with Gasteiger partial charge in [-0.25, -0.2) is 8.42 Å². The molecular formula is C13H16N2O3S. The average Bonchev–Trinajstić information content (AvgIpc) is 2.82. The fourth-order valence-corrected chi connectivity index (χ4v) is 2.79. The molecule has 0 fully saturated rings. The summed E-state index contributed by atoms with van der Waals surface area (Å²) in [5.41, 5.74) is 1.38. The molecule has 2 aromatic rings. The lowest BCUT2D eigenvalue weighted by atomic mass is 10.3. The number of benzene rings is 1. The van der Waals surface area contributed by atoms with E-state index in [1.807, 2.05) is 13.0 Å². The Balaban J connectivity index is 2.21. The molecule has 0 saturated heterocycles. The molecule has 0 saturated carbocycles. The lowest BCUT2D eigenvalue weighted by molar-refractivity contribution is 0.384. The van der Waals surface area contributed by atoms with Crippen LogP contribution >= 0.6 is 0 Å². The van der Waals surface area contributed by atoms with E-state index in [4.69, 9.17) is 4.52 Å². The van der Waals surface area contributed by atoms with Gasteiger partial charge in [-0.2, -0.15) is 0 Å². The van der Waals surface area contributed by atoms with Gasteiger partial charge in [0.25, 0.3) is 0 Å². The fourth-order valence-electron chi connectivity index (χ4n) is 1.72. The molecule has 0 aliphatic heterocycles. The molecule has 5 nitrogen and oxygen atoms in total. The van der Waals surface area contributed by atoms with Crippen LogP contribution in [-0.4, -0.2) is 19.3 Å². The van der Waals surface area contributed by atoms with Crippen molar-refractivity contribution in [3.63, 3.8) is 0 Å². The molecule has 0 radical (unpaired) electrons. The van der Waals surface area contributed by atoms with E-state index in [0.29, 0.717) is 22.9 Å². The third-order valence-corrected chi connectivity index (χ3v) is 4.52. The van der Waals surface area contributed by atoms with Crippen molar-refractivity contribution < 1.29 is 12.9 Å². The van der Waals surface area contributed by atoms with E-state index in [2.05, 4.69) is 10.5 Å². The number of sulfone groups is 1. The van der Waals surface area contributed by atoms with Gasteiger partial charge in [0, 0.05) is 6.07 Å². The summed E-state index contributed by atoms with van der Waals surface area (Å²) in [6.07, 6.45) is 0. The largest absolute Gasteiger partial charge is 0.377 e. The van der Waals surface area contributed by atoms with Gasteiger partial charge in [0.05, 0.1) is 28.6 Å². The molecule has 19 heavy (non-hydrogen) atoms. The molecule has 0 atom stereocenters. The quantitative estimate of drug-likeness (QED) is 0.910. The van der Waals surface area contributed by atoms with Crippen LogP contribution in [0.3, 0.4) is 0 Å². The van der Waals surface area contributed by atoms with Gasteiger partial charge in [0.2, 0.25) is 0 Å². The number of rotatable bonds is 5. The molecule has 1 N–H and O–H groups in total. The molecule has 2 rings (SSSR count). The summed E-state index contributed by atoms with van der Waals surface area (Å²) in [7, 11) is -3.24. The lowest BCUT2D eigenvalue weighted by Crippen LogP contribution is -2.08. The Hall–Kier alpha value is -1.82. The number of aryl methyl sites for hydroxylation is 1. The average molecular weight is 280 g/mol. The van der Waals surface area contributed by atoms with Crippen LogP contribution in [0.5, 0.6) is 0 Å². The Morgan fingerprint density at radius 2 is 2.05 bits per heavy atom. The third-order valence-electron chi connectivity index (χ3n) is 2.73. The van der Waals surface area contributed by atoms with E-state index < -0.39 is 9.84 Å². The molecule has 0 unspecified atom stereocenters. The first-order valence-corrected chi connectivity index (χ1v) is 7.66. The second-order valence-electron chi connectivity index (χ2n) is 4.19. The van der Waals surface area contributed by atoms with Crippen molar-refractivity contribution in [2.75, 3.05) is 11.1 Å². The molecular weight excluding hydrogens is 264 g/mol. The number of aromatic nitrogens is 1. The van der Waals surface area contributed by atoms with Crippen molar-refractivity contribution in [2.45, 2.75) is 25.3 Å². The van der Waals surface area contributed by atoms with Crippen LogP contribution in [0, 0.1) is 6.92 Å². The maximum absolute atomic E-state index is 12.0. The van der Waals surface area contributed by atoms with Gasteiger partial charge in [-0.1, -0.05) is 24.2 Å². The Bertz CT molecular complexity index is 662. The summed E-state index contributed by atoms with van der Waals surface area (Å²) in [6.45, 7) is 3.87. The minimum atomic E-state index is -3.24. The number of anilines is 1. The standard InChI is InChI=1S/C13H16N2O3S/c1-3-19(16,17)13-7-5-4-6-12(13)14-9-11-8-10(2)15-18-11/h4-8,14H,3,9H2,1-2H3. The summed E-state index contributed by atoms with van der Waals surface area (Å²) < 4.78 is 29.0. The second kappa shape index (κ2) is 5.44. The molecule has 0 aliphatic rings. The van der Waals surface area contributed by atoms with E-state index in [1.54, 1.807) is 31.2 Å². The summed E-state index contributed by atoms with van der Waals surface area (Å²) in [6, 6.07) is 8.66. The maximum Gasteiger partial charge on any atom is 0.180 e. The molecule has 6 heteroatoms. The van der Waals surface area contributed by atoms with Crippen LogP contribution in [0.2, 0.25) is 0 Å². The molecule has 0 amide bonds. The summed E-state index contributed by atoms with van der Waals surface area (Å²) in [4.78, 5) is 0.314. The zero-order chi connectivity index (χ0) is 13.9. The molecule has 0 aliphatic carbocycles. The van der Waals surface area contributed by atoms with Crippen molar-refractivity contribution >= 4 is 15.5 Å². The number of nitrogens with one attached hydrogen (secondary N) is 1. The van der Waals surface area contributed by atoms with Gasteiger partial charge in [0.1, 0.15) is 0 Å². The Labute approximate surface area is 112 Å². The Kier molecular flexibility index (Phi) is 3.90. The normalized spacial score (nSPS) is 11.5. The first kappa shape index (κ1) is 13.6. The summed E-state index contributed by atoms with van der Waals surface area (Å²) in [5, 5.41) is 6.85. The summed E-state index contributed by atoms with van der Waals surface area (Å²) >= 11 is 0. The molecule has 0 bridgehead atoms. The van der Waals surface area contributed by atoms with Gasteiger partial charge in [-0.05, 0) is 19.1 Å². The topological polar surface area (TPSA) is 72.2 Å². The second-order valence-corrected chi connectivity index (χ2v) is 6.43. The van der Waals surface area contributed by atoms with Gasteiger partial charge < -0.3 is 9.84 Å². The van der Waals surface area contributed by atoms with Gasteiger partial charge in [-0.3, -0.25) is 0 Å².